The Balaban J connectivity index is 1.41. The molecule has 37 heavy (non-hydrogen) atoms. The van der Waals surface area contributed by atoms with Gasteiger partial charge in [-0.1, -0.05) is 36.4 Å². The maximum atomic E-state index is 12.6. The number of benzene rings is 2. The molecule has 1 saturated carbocycles. The molecule has 3 heterocycles. The molecule has 1 fully saturated rings. The van der Waals surface area contributed by atoms with Crippen LogP contribution in [0.3, 0.4) is 0 Å². The number of carbonyl (C=O) groups excluding carboxylic acids is 1. The molecule has 0 unspecified atom stereocenters. The molecule has 2 aromatic heterocycles. The lowest BCUT2D eigenvalue weighted by Crippen LogP contribution is -2.52. The van der Waals surface area contributed by atoms with Crippen LogP contribution in [0, 0.1) is 6.92 Å². The Labute approximate surface area is 216 Å². The number of pyridine rings is 1. The summed E-state index contributed by atoms with van der Waals surface area (Å²) in [5.74, 6) is 1.67. The van der Waals surface area contributed by atoms with Gasteiger partial charge >= 0.3 is 6.09 Å². The van der Waals surface area contributed by atoms with Crippen LogP contribution in [0.1, 0.15) is 51.3 Å². The fourth-order valence-electron chi connectivity index (χ4n) is 5.33. The first kappa shape index (κ1) is 23.3. The summed E-state index contributed by atoms with van der Waals surface area (Å²) in [6, 6.07) is 20.7. The molecule has 1 aliphatic heterocycles. The Morgan fingerprint density at radius 2 is 1.81 bits per heavy atom. The van der Waals surface area contributed by atoms with Gasteiger partial charge in [-0.25, -0.2) is 14.8 Å². The molecule has 188 valence electrons. The molecule has 4 aromatic rings. The van der Waals surface area contributed by atoms with Gasteiger partial charge in [-0.2, -0.15) is 0 Å². The van der Waals surface area contributed by atoms with Gasteiger partial charge in [0.25, 0.3) is 0 Å². The van der Waals surface area contributed by atoms with Gasteiger partial charge in [0, 0.05) is 17.3 Å². The minimum Gasteiger partial charge on any atom is -0.444 e. The van der Waals surface area contributed by atoms with Crippen molar-refractivity contribution in [2.75, 3.05) is 5.32 Å². The van der Waals surface area contributed by atoms with E-state index < -0.39 is 5.60 Å². The number of aryl methyl sites for hydroxylation is 1. The van der Waals surface area contributed by atoms with Gasteiger partial charge in [0.05, 0.1) is 28.3 Å². The lowest BCUT2D eigenvalue weighted by Gasteiger charge is -2.43. The summed E-state index contributed by atoms with van der Waals surface area (Å²) in [6.45, 7) is 7.70. The number of fused-ring (bicyclic) bond motifs is 5. The summed E-state index contributed by atoms with van der Waals surface area (Å²) in [7, 11) is 0. The highest BCUT2D eigenvalue weighted by Gasteiger charge is 2.41. The average Bonchev–Trinajstić information content (AvgIpc) is 3.11. The van der Waals surface area contributed by atoms with Gasteiger partial charge in [-0.05, 0) is 76.8 Å². The predicted octanol–water partition coefficient (Wildman–Crippen LogP) is 6.87. The maximum Gasteiger partial charge on any atom is 0.408 e. The van der Waals surface area contributed by atoms with E-state index in [0.29, 0.717) is 0 Å². The van der Waals surface area contributed by atoms with E-state index in [1.54, 1.807) is 6.20 Å². The van der Waals surface area contributed by atoms with Crippen LogP contribution in [0.15, 0.2) is 66.9 Å². The second kappa shape index (κ2) is 8.47. The Morgan fingerprint density at radius 3 is 2.51 bits per heavy atom. The lowest BCUT2D eigenvalue weighted by molar-refractivity contribution is 0.0377. The van der Waals surface area contributed by atoms with Crippen molar-refractivity contribution in [3.05, 3.63) is 78.1 Å². The number of amides is 1. The number of alkyl carbamates (subject to hydrolysis) is 1. The van der Waals surface area contributed by atoms with Crippen molar-refractivity contribution in [2.24, 2.45) is 0 Å². The van der Waals surface area contributed by atoms with E-state index in [4.69, 9.17) is 9.72 Å². The van der Waals surface area contributed by atoms with Gasteiger partial charge in [0.15, 0.2) is 5.82 Å². The van der Waals surface area contributed by atoms with Crippen LogP contribution in [-0.2, 0) is 10.3 Å². The Bertz CT molecular complexity index is 1490. The fourth-order valence-corrected chi connectivity index (χ4v) is 5.33. The third-order valence-corrected chi connectivity index (χ3v) is 7.16. The van der Waals surface area contributed by atoms with Crippen molar-refractivity contribution < 1.29 is 9.53 Å². The van der Waals surface area contributed by atoms with Crippen molar-refractivity contribution in [1.82, 2.24) is 19.9 Å². The van der Waals surface area contributed by atoms with Gasteiger partial charge in [-0.15, -0.1) is 0 Å². The van der Waals surface area contributed by atoms with E-state index in [1.165, 1.54) is 0 Å². The number of nitrogens with one attached hydrogen (secondary N) is 2. The Hall–Kier alpha value is -4.13. The number of carbonyl (C=O) groups is 1. The van der Waals surface area contributed by atoms with Crippen LogP contribution in [-0.4, -0.2) is 26.2 Å². The first-order valence-electron chi connectivity index (χ1n) is 12.8. The number of para-hydroxylation sites is 1. The molecule has 0 spiro atoms. The number of hydrogen-bond donors (Lipinski definition) is 2. The van der Waals surface area contributed by atoms with Crippen molar-refractivity contribution in [1.29, 1.82) is 0 Å². The molecule has 6 rings (SSSR count). The zero-order valence-electron chi connectivity index (χ0n) is 21.6. The first-order valence-corrected chi connectivity index (χ1v) is 12.8. The maximum absolute atomic E-state index is 12.6. The molecule has 2 aromatic carbocycles. The molecule has 1 amide bonds. The molecular weight excluding hydrogens is 462 g/mol. The van der Waals surface area contributed by atoms with E-state index in [2.05, 4.69) is 69.6 Å². The summed E-state index contributed by atoms with van der Waals surface area (Å²) < 4.78 is 7.75. The molecule has 1 aliphatic carbocycles. The molecule has 2 N–H and O–H groups in total. The number of imidazole rings is 1. The van der Waals surface area contributed by atoms with Crippen molar-refractivity contribution in [3.63, 3.8) is 0 Å². The van der Waals surface area contributed by atoms with Crippen molar-refractivity contribution in [2.45, 2.75) is 58.1 Å². The molecule has 2 aliphatic rings. The largest absolute Gasteiger partial charge is 0.444 e. The zero-order valence-corrected chi connectivity index (χ0v) is 21.6. The number of anilines is 2. The quantitative estimate of drug-likeness (QED) is 0.287. The van der Waals surface area contributed by atoms with Crippen LogP contribution in [0.4, 0.5) is 16.3 Å². The lowest BCUT2D eigenvalue weighted by atomic mass is 9.71. The van der Waals surface area contributed by atoms with Crippen molar-refractivity contribution >= 4 is 17.6 Å². The molecule has 0 radical (unpaired) electrons. The number of nitrogens with zero attached hydrogens (tertiary/aromatic N) is 3. The minimum atomic E-state index is -0.533. The molecular formula is C30H31N5O2. The molecule has 0 saturated heterocycles. The molecule has 0 bridgehead atoms. The van der Waals surface area contributed by atoms with E-state index >= 15 is 0 Å². The SMILES string of the molecule is Cc1nc2n(c1-c1ccc(C3(NC(=O)OC(C)(C)C)CCC3)cc1)-c1cccnc1Nc1ccccc1-2. The van der Waals surface area contributed by atoms with E-state index in [1.807, 2.05) is 39.0 Å². The van der Waals surface area contributed by atoms with Gasteiger partial charge in [-0.3, -0.25) is 4.57 Å². The number of rotatable bonds is 3. The molecule has 7 heteroatoms. The van der Waals surface area contributed by atoms with Crippen LogP contribution in [0.25, 0.3) is 28.3 Å². The van der Waals surface area contributed by atoms with Gasteiger partial charge < -0.3 is 15.4 Å². The van der Waals surface area contributed by atoms with Gasteiger partial charge in [0.1, 0.15) is 11.4 Å². The standard InChI is InChI=1S/C30H31N5O2/c1-19-25(20-12-14-21(15-13-20)30(16-8-17-30)34-28(36)37-29(2,3)4)35-24-11-7-18-31-26(24)33-23-10-6-5-9-22(23)27(35)32-19/h5-7,9-15,18H,8,16-17H2,1-4H3,(H,31,33)(H,34,36). The second-order valence-electron chi connectivity index (χ2n) is 10.9. The average molecular weight is 494 g/mol. The third-order valence-electron chi connectivity index (χ3n) is 7.16. The first-order chi connectivity index (χ1) is 17.7. The van der Waals surface area contributed by atoms with E-state index in [9.17, 15) is 4.79 Å². The van der Waals surface area contributed by atoms with Crippen LogP contribution in [0.2, 0.25) is 0 Å². The number of hydrogen-bond acceptors (Lipinski definition) is 5. The molecule has 7 nitrogen and oxygen atoms in total. The fraction of sp³-hybridized carbons (Fsp3) is 0.300. The highest BCUT2D eigenvalue weighted by atomic mass is 16.6. The summed E-state index contributed by atoms with van der Waals surface area (Å²) in [5, 5.41) is 6.64. The second-order valence-corrected chi connectivity index (χ2v) is 10.9. The normalized spacial score (nSPS) is 15.2. The third kappa shape index (κ3) is 4.04. The monoisotopic (exact) mass is 493 g/mol. The Kier molecular flexibility index (Phi) is 5.33. The topological polar surface area (TPSA) is 81.1 Å². The number of aromatic nitrogens is 3. The Morgan fingerprint density at radius 1 is 1.05 bits per heavy atom. The minimum absolute atomic E-state index is 0.372. The van der Waals surface area contributed by atoms with Crippen LogP contribution >= 0.6 is 0 Å². The molecule has 0 atom stereocenters. The highest BCUT2D eigenvalue weighted by molar-refractivity contribution is 5.86. The zero-order chi connectivity index (χ0) is 25.8. The summed E-state index contributed by atoms with van der Waals surface area (Å²) in [6.07, 6.45) is 4.29. The van der Waals surface area contributed by atoms with E-state index in [0.717, 1.165) is 70.4 Å². The van der Waals surface area contributed by atoms with Gasteiger partial charge in [0.2, 0.25) is 0 Å². The summed E-state index contributed by atoms with van der Waals surface area (Å²) >= 11 is 0. The summed E-state index contributed by atoms with van der Waals surface area (Å²) in [4.78, 5) is 22.2. The number of ether oxygens (including phenoxy) is 1. The predicted molar refractivity (Wildman–Crippen MR) is 145 cm³/mol. The van der Waals surface area contributed by atoms with Crippen LogP contribution in [0.5, 0.6) is 0 Å². The highest BCUT2D eigenvalue weighted by Crippen LogP contribution is 2.44. The van der Waals surface area contributed by atoms with Crippen LogP contribution < -0.4 is 10.6 Å². The summed E-state index contributed by atoms with van der Waals surface area (Å²) in [5.41, 5.74) is 6.16. The van der Waals surface area contributed by atoms with E-state index in [-0.39, 0.29) is 11.6 Å². The smallest absolute Gasteiger partial charge is 0.408 e. The van der Waals surface area contributed by atoms with Crippen molar-refractivity contribution in [3.8, 4) is 28.3 Å².